The van der Waals surface area contributed by atoms with Gasteiger partial charge in [0.05, 0.1) is 7.11 Å². The number of hydrogen-bond acceptors (Lipinski definition) is 5. The smallest absolute Gasteiger partial charge is 0.321 e. The van der Waals surface area contributed by atoms with Crippen molar-refractivity contribution < 1.29 is 23.9 Å². The largest absolute Gasteiger partial charge is 0.496 e. The Morgan fingerprint density at radius 3 is 2.58 bits per heavy atom. The minimum absolute atomic E-state index is 0.113. The standard InChI is InChI=1S/C19H26N2O5/c1-13(18(23)21-19(24)20-15-8-4-5-9-15)26-17(22)12-11-14-7-3-6-10-16(14)25-2/h3,6-7,10,13,15H,4-5,8-9,11-12H2,1-2H3,(H2,20,21,23,24). The molecule has 0 spiro atoms. The van der Waals surface area contributed by atoms with E-state index in [1.54, 1.807) is 7.11 Å². The van der Waals surface area contributed by atoms with Gasteiger partial charge in [-0.25, -0.2) is 4.79 Å². The van der Waals surface area contributed by atoms with Gasteiger partial charge >= 0.3 is 12.0 Å². The van der Waals surface area contributed by atoms with Crippen LogP contribution in [0.4, 0.5) is 4.79 Å². The number of hydrogen-bond donors (Lipinski definition) is 2. The summed E-state index contributed by atoms with van der Waals surface area (Å²) in [5, 5.41) is 4.97. The van der Waals surface area contributed by atoms with Crippen LogP contribution in [0.2, 0.25) is 0 Å². The molecule has 7 nitrogen and oxygen atoms in total. The van der Waals surface area contributed by atoms with E-state index in [4.69, 9.17) is 9.47 Å². The summed E-state index contributed by atoms with van der Waals surface area (Å²) >= 11 is 0. The van der Waals surface area contributed by atoms with Crippen molar-refractivity contribution in [2.75, 3.05) is 7.11 Å². The molecule has 1 fully saturated rings. The van der Waals surface area contributed by atoms with Crippen molar-refractivity contribution in [3.63, 3.8) is 0 Å². The number of ether oxygens (including phenoxy) is 2. The van der Waals surface area contributed by atoms with Crippen molar-refractivity contribution in [1.82, 2.24) is 10.6 Å². The molecule has 0 saturated heterocycles. The predicted octanol–water partition coefficient (Wildman–Crippen LogP) is 2.33. The van der Waals surface area contributed by atoms with E-state index in [1.807, 2.05) is 24.3 Å². The number of benzene rings is 1. The van der Waals surface area contributed by atoms with E-state index in [0.29, 0.717) is 12.2 Å². The third-order valence-corrected chi connectivity index (χ3v) is 4.40. The van der Waals surface area contributed by atoms with E-state index in [1.165, 1.54) is 6.92 Å². The number of urea groups is 1. The molecular weight excluding hydrogens is 336 g/mol. The summed E-state index contributed by atoms with van der Waals surface area (Å²) < 4.78 is 10.3. The number of amides is 3. The molecule has 1 atom stereocenters. The van der Waals surface area contributed by atoms with Crippen LogP contribution in [0, 0.1) is 0 Å². The quantitative estimate of drug-likeness (QED) is 0.726. The second-order valence-electron chi connectivity index (χ2n) is 6.39. The fourth-order valence-corrected chi connectivity index (χ4v) is 2.96. The first kappa shape index (κ1) is 19.8. The first-order valence-electron chi connectivity index (χ1n) is 8.92. The predicted molar refractivity (Wildman–Crippen MR) is 95.8 cm³/mol. The Hall–Kier alpha value is -2.57. The molecule has 1 aliphatic carbocycles. The Bertz CT molecular complexity index is 641. The van der Waals surface area contributed by atoms with E-state index in [0.717, 1.165) is 31.2 Å². The van der Waals surface area contributed by atoms with Gasteiger partial charge in [-0.05, 0) is 37.8 Å². The number of esters is 1. The number of para-hydroxylation sites is 1. The summed E-state index contributed by atoms with van der Waals surface area (Å²) in [6, 6.07) is 6.97. The number of imide groups is 1. The molecule has 1 aromatic carbocycles. The lowest BCUT2D eigenvalue weighted by atomic mass is 10.1. The zero-order valence-electron chi connectivity index (χ0n) is 15.2. The maximum atomic E-state index is 12.0. The van der Waals surface area contributed by atoms with Crippen molar-refractivity contribution in [3.8, 4) is 5.75 Å². The Balaban J connectivity index is 1.73. The van der Waals surface area contributed by atoms with E-state index in [2.05, 4.69) is 10.6 Å². The summed E-state index contributed by atoms with van der Waals surface area (Å²) in [5.74, 6) is -0.435. The summed E-state index contributed by atoms with van der Waals surface area (Å²) in [4.78, 5) is 35.7. The van der Waals surface area contributed by atoms with Gasteiger partial charge in [0.25, 0.3) is 5.91 Å². The average molecular weight is 362 g/mol. The van der Waals surface area contributed by atoms with Crippen molar-refractivity contribution in [1.29, 1.82) is 0 Å². The van der Waals surface area contributed by atoms with Crippen LogP contribution >= 0.6 is 0 Å². The highest BCUT2D eigenvalue weighted by atomic mass is 16.5. The number of carbonyl (C=O) groups is 3. The summed E-state index contributed by atoms with van der Waals surface area (Å²) in [7, 11) is 1.57. The second kappa shape index (κ2) is 9.79. The van der Waals surface area contributed by atoms with Crippen LogP contribution in [0.3, 0.4) is 0 Å². The van der Waals surface area contributed by atoms with Crippen LogP contribution in [0.15, 0.2) is 24.3 Å². The minimum atomic E-state index is -1.03. The molecule has 0 aromatic heterocycles. The number of nitrogens with one attached hydrogen (secondary N) is 2. The summed E-state index contributed by atoms with van der Waals surface area (Å²) in [6.07, 6.45) is 3.54. The van der Waals surface area contributed by atoms with Gasteiger partial charge in [-0.15, -0.1) is 0 Å². The SMILES string of the molecule is COc1ccccc1CCC(=O)OC(C)C(=O)NC(=O)NC1CCCC1. The van der Waals surface area contributed by atoms with Crippen LogP contribution < -0.4 is 15.4 Å². The highest BCUT2D eigenvalue weighted by molar-refractivity contribution is 5.97. The number of methoxy groups -OCH3 is 1. The molecule has 0 bridgehead atoms. The first-order chi connectivity index (χ1) is 12.5. The molecule has 26 heavy (non-hydrogen) atoms. The molecule has 1 aromatic rings. The van der Waals surface area contributed by atoms with Crippen LogP contribution in [0.1, 0.15) is 44.6 Å². The van der Waals surface area contributed by atoms with E-state index >= 15 is 0 Å². The second-order valence-corrected chi connectivity index (χ2v) is 6.39. The van der Waals surface area contributed by atoms with Gasteiger partial charge in [-0.2, -0.15) is 0 Å². The van der Waals surface area contributed by atoms with Crippen LogP contribution in [0.25, 0.3) is 0 Å². The third-order valence-electron chi connectivity index (χ3n) is 4.40. The zero-order chi connectivity index (χ0) is 18.9. The Morgan fingerprint density at radius 1 is 1.19 bits per heavy atom. The molecule has 1 unspecified atom stereocenters. The van der Waals surface area contributed by atoms with Crippen molar-refractivity contribution in [2.45, 2.75) is 57.6 Å². The van der Waals surface area contributed by atoms with Gasteiger partial charge in [0.1, 0.15) is 5.75 Å². The van der Waals surface area contributed by atoms with Gasteiger partial charge in [0.2, 0.25) is 0 Å². The lowest BCUT2D eigenvalue weighted by Gasteiger charge is -2.15. The topological polar surface area (TPSA) is 93.7 Å². The Labute approximate surface area is 153 Å². The molecule has 0 aliphatic heterocycles. The number of aryl methyl sites for hydroxylation is 1. The van der Waals surface area contributed by atoms with Crippen molar-refractivity contribution >= 4 is 17.9 Å². The molecule has 2 N–H and O–H groups in total. The third kappa shape index (κ3) is 6.06. The van der Waals surface area contributed by atoms with Crippen LogP contribution in [-0.2, 0) is 20.7 Å². The van der Waals surface area contributed by atoms with Crippen molar-refractivity contribution in [3.05, 3.63) is 29.8 Å². The van der Waals surface area contributed by atoms with Gasteiger partial charge in [0.15, 0.2) is 6.10 Å². The maximum absolute atomic E-state index is 12.0. The summed E-state index contributed by atoms with van der Waals surface area (Å²) in [5.41, 5.74) is 0.889. The molecule has 3 amide bonds. The molecule has 0 radical (unpaired) electrons. The normalized spacial score (nSPS) is 15.2. The average Bonchev–Trinajstić information content (AvgIpc) is 3.12. The highest BCUT2D eigenvalue weighted by Crippen LogP contribution is 2.19. The fourth-order valence-electron chi connectivity index (χ4n) is 2.96. The van der Waals surface area contributed by atoms with Crippen LogP contribution in [-0.4, -0.2) is 37.2 Å². The monoisotopic (exact) mass is 362 g/mol. The minimum Gasteiger partial charge on any atom is -0.496 e. The number of rotatable bonds is 7. The Morgan fingerprint density at radius 2 is 1.88 bits per heavy atom. The molecule has 142 valence electrons. The van der Waals surface area contributed by atoms with Crippen molar-refractivity contribution in [2.24, 2.45) is 0 Å². The van der Waals surface area contributed by atoms with E-state index < -0.39 is 24.0 Å². The molecular formula is C19H26N2O5. The van der Waals surface area contributed by atoms with Crippen LogP contribution in [0.5, 0.6) is 5.75 Å². The lowest BCUT2D eigenvalue weighted by Crippen LogP contribution is -2.47. The Kier molecular flexibility index (Phi) is 7.44. The summed E-state index contributed by atoms with van der Waals surface area (Å²) in [6.45, 7) is 1.44. The molecule has 1 aliphatic rings. The molecule has 0 heterocycles. The fraction of sp³-hybridized carbons (Fsp3) is 0.526. The molecule has 7 heteroatoms. The molecule has 2 rings (SSSR count). The van der Waals surface area contributed by atoms with Gasteiger partial charge in [-0.1, -0.05) is 31.0 Å². The maximum Gasteiger partial charge on any atom is 0.321 e. The van der Waals surface area contributed by atoms with Gasteiger partial charge < -0.3 is 14.8 Å². The number of carbonyl (C=O) groups excluding carboxylic acids is 3. The van der Waals surface area contributed by atoms with E-state index in [9.17, 15) is 14.4 Å². The van der Waals surface area contributed by atoms with E-state index in [-0.39, 0.29) is 12.5 Å². The van der Waals surface area contributed by atoms with Gasteiger partial charge in [0, 0.05) is 12.5 Å². The molecule has 1 saturated carbocycles. The highest BCUT2D eigenvalue weighted by Gasteiger charge is 2.22. The lowest BCUT2D eigenvalue weighted by molar-refractivity contribution is -0.154. The van der Waals surface area contributed by atoms with Gasteiger partial charge in [-0.3, -0.25) is 14.9 Å². The first-order valence-corrected chi connectivity index (χ1v) is 8.92. The zero-order valence-corrected chi connectivity index (χ0v) is 15.2.